The van der Waals surface area contributed by atoms with Gasteiger partial charge in [-0.05, 0) is 47.7 Å². The first-order valence-electron chi connectivity index (χ1n) is 11.7. The summed E-state index contributed by atoms with van der Waals surface area (Å²) < 4.78 is 35.1. The molecule has 0 aliphatic heterocycles. The first kappa shape index (κ1) is 29.3. The van der Waals surface area contributed by atoms with Gasteiger partial charge in [0.05, 0.1) is 30.1 Å². The van der Waals surface area contributed by atoms with E-state index in [1.54, 1.807) is 6.07 Å². The van der Waals surface area contributed by atoms with Crippen LogP contribution in [0.4, 0.5) is 30.6 Å². The van der Waals surface area contributed by atoms with Gasteiger partial charge in [0.1, 0.15) is 11.6 Å². The van der Waals surface area contributed by atoms with Crippen molar-refractivity contribution in [1.29, 1.82) is 0 Å². The number of carboxylic acids is 1. The van der Waals surface area contributed by atoms with Gasteiger partial charge in [-0.2, -0.15) is 0 Å². The number of ether oxygens (including phenoxy) is 1. The van der Waals surface area contributed by atoms with Crippen molar-refractivity contribution in [3.05, 3.63) is 52.6 Å². The highest BCUT2D eigenvalue weighted by Crippen LogP contribution is 2.35. The fraction of sp³-hybridized carbons (Fsp3) is 0.462. The second-order valence-corrected chi connectivity index (χ2v) is 9.98. The highest BCUT2D eigenvalue weighted by molar-refractivity contribution is 6.30. The van der Waals surface area contributed by atoms with Crippen LogP contribution in [0.3, 0.4) is 0 Å². The van der Waals surface area contributed by atoms with E-state index in [1.807, 2.05) is 32.6 Å². The van der Waals surface area contributed by atoms with E-state index in [2.05, 4.69) is 10.6 Å². The van der Waals surface area contributed by atoms with Crippen LogP contribution in [0.2, 0.25) is 5.02 Å². The van der Waals surface area contributed by atoms with Crippen molar-refractivity contribution in [2.24, 2.45) is 11.8 Å². The van der Waals surface area contributed by atoms with Gasteiger partial charge in [-0.3, -0.25) is 4.79 Å². The molecule has 0 aliphatic carbocycles. The summed E-state index contributed by atoms with van der Waals surface area (Å²) >= 11 is 5.78. The number of carbonyl (C=O) groups is 2. The minimum atomic E-state index is -1.06. The Bertz CT molecular complexity index is 1060. The zero-order valence-electron chi connectivity index (χ0n) is 21.2. The Morgan fingerprint density at radius 3 is 2.14 bits per heavy atom. The molecule has 0 aliphatic rings. The van der Waals surface area contributed by atoms with Crippen molar-refractivity contribution in [3.8, 4) is 0 Å². The maximum absolute atomic E-state index is 15.7. The van der Waals surface area contributed by atoms with E-state index >= 15 is 4.39 Å². The van der Waals surface area contributed by atoms with Crippen molar-refractivity contribution < 1.29 is 28.2 Å². The third-order valence-corrected chi connectivity index (χ3v) is 5.50. The molecule has 198 valence electrons. The van der Waals surface area contributed by atoms with Gasteiger partial charge in [0.25, 0.3) is 0 Å². The van der Waals surface area contributed by atoms with Crippen LogP contribution in [0, 0.1) is 23.5 Å². The summed E-state index contributed by atoms with van der Waals surface area (Å²) in [4.78, 5) is 26.1. The number of halogens is 3. The van der Waals surface area contributed by atoms with Crippen LogP contribution in [-0.4, -0.2) is 43.9 Å². The van der Waals surface area contributed by atoms with Gasteiger partial charge in [0.2, 0.25) is 0 Å². The molecule has 0 aromatic heterocycles. The molecular formula is C26H34ClF2N3O4. The van der Waals surface area contributed by atoms with E-state index < -0.39 is 29.6 Å². The molecule has 2 amide bonds. The summed E-state index contributed by atoms with van der Waals surface area (Å²) in [6, 6.07) is 5.87. The number of hydrogen-bond donors (Lipinski definition) is 3. The van der Waals surface area contributed by atoms with Crippen LogP contribution in [0.5, 0.6) is 0 Å². The van der Waals surface area contributed by atoms with E-state index in [1.165, 1.54) is 25.3 Å². The maximum Gasteiger partial charge on any atom is 0.323 e. The van der Waals surface area contributed by atoms with Crippen LogP contribution < -0.4 is 15.5 Å². The predicted molar refractivity (Wildman–Crippen MR) is 139 cm³/mol. The highest BCUT2D eigenvalue weighted by atomic mass is 35.5. The van der Waals surface area contributed by atoms with Crippen molar-refractivity contribution in [2.75, 3.05) is 42.3 Å². The van der Waals surface area contributed by atoms with E-state index in [0.29, 0.717) is 18.7 Å². The minimum absolute atomic E-state index is 0.0500. The number of rotatable bonds is 12. The number of hydrogen-bond acceptors (Lipinski definition) is 4. The Morgan fingerprint density at radius 1 is 1.00 bits per heavy atom. The van der Waals surface area contributed by atoms with Gasteiger partial charge in [-0.15, -0.1) is 0 Å². The van der Waals surface area contributed by atoms with E-state index in [9.17, 15) is 19.1 Å². The molecule has 0 bridgehead atoms. The van der Waals surface area contributed by atoms with Crippen LogP contribution in [0.1, 0.15) is 45.6 Å². The molecule has 1 unspecified atom stereocenters. The number of benzene rings is 2. The Hall–Kier alpha value is -2.91. The maximum atomic E-state index is 15.7. The summed E-state index contributed by atoms with van der Waals surface area (Å²) in [6.45, 7) is 9.11. The van der Waals surface area contributed by atoms with Gasteiger partial charge in [0, 0.05) is 31.1 Å². The third kappa shape index (κ3) is 8.64. The molecule has 2 aromatic carbocycles. The Morgan fingerprint density at radius 2 is 1.61 bits per heavy atom. The first-order chi connectivity index (χ1) is 16.9. The van der Waals surface area contributed by atoms with E-state index in [4.69, 9.17) is 16.3 Å². The third-order valence-electron chi connectivity index (χ3n) is 5.26. The number of nitrogens with one attached hydrogen (secondary N) is 2. The fourth-order valence-electron chi connectivity index (χ4n) is 3.96. The number of aliphatic carboxylic acids is 1. The summed E-state index contributed by atoms with van der Waals surface area (Å²) in [6.07, 6.45) is -0.282. The average Bonchev–Trinajstić information content (AvgIpc) is 2.73. The quantitative estimate of drug-likeness (QED) is 0.291. The Labute approximate surface area is 215 Å². The van der Waals surface area contributed by atoms with Crippen molar-refractivity contribution in [1.82, 2.24) is 0 Å². The number of amides is 2. The van der Waals surface area contributed by atoms with Gasteiger partial charge < -0.3 is 25.4 Å². The molecule has 0 spiro atoms. The molecule has 3 N–H and O–H groups in total. The molecule has 0 saturated heterocycles. The van der Waals surface area contributed by atoms with Gasteiger partial charge >= 0.3 is 12.0 Å². The monoisotopic (exact) mass is 525 g/mol. The lowest BCUT2D eigenvalue weighted by Gasteiger charge is -2.31. The lowest BCUT2D eigenvalue weighted by molar-refractivity contribution is -0.137. The van der Waals surface area contributed by atoms with Crippen LogP contribution in [0.15, 0.2) is 30.3 Å². The minimum Gasteiger partial charge on any atom is -0.481 e. The van der Waals surface area contributed by atoms with Crippen LogP contribution in [-0.2, 0) is 9.53 Å². The smallest absolute Gasteiger partial charge is 0.323 e. The summed E-state index contributed by atoms with van der Waals surface area (Å²) in [5.74, 6) is -2.64. The van der Waals surface area contributed by atoms with Gasteiger partial charge in [0.15, 0.2) is 0 Å². The van der Waals surface area contributed by atoms with Crippen molar-refractivity contribution >= 4 is 40.7 Å². The molecule has 0 radical (unpaired) electrons. The van der Waals surface area contributed by atoms with Crippen LogP contribution >= 0.6 is 11.6 Å². The standard InChI is InChI=1S/C26H34ClF2N3O4/c1-15(2)12-32(13-16(3)4)25-21(29)8-17(18(14-36-5)10-24(33)34)9-23(25)31-26(35)30-22-7-6-19(27)11-20(22)28/h6-9,11,15-16,18H,10,12-14H2,1-5H3,(H,33,34)(H2,30,31,35). The lowest BCUT2D eigenvalue weighted by atomic mass is 9.94. The second kappa shape index (κ2) is 13.4. The molecule has 7 nitrogen and oxygen atoms in total. The molecule has 1 atom stereocenters. The van der Waals surface area contributed by atoms with Crippen molar-refractivity contribution in [3.63, 3.8) is 0 Å². The van der Waals surface area contributed by atoms with Crippen LogP contribution in [0.25, 0.3) is 0 Å². The number of methoxy groups -OCH3 is 1. The number of carboxylic acid groups (broad SMARTS) is 1. The molecule has 0 fully saturated rings. The Kier molecular flexibility index (Phi) is 10.9. The molecule has 0 saturated carbocycles. The molecular weight excluding hydrogens is 492 g/mol. The molecule has 36 heavy (non-hydrogen) atoms. The second-order valence-electron chi connectivity index (χ2n) is 9.54. The SMILES string of the molecule is COCC(CC(=O)O)c1cc(F)c(N(CC(C)C)CC(C)C)c(NC(=O)Nc2ccc(Cl)cc2F)c1. The largest absolute Gasteiger partial charge is 0.481 e. The van der Waals surface area contributed by atoms with Gasteiger partial charge in [-0.1, -0.05) is 39.3 Å². The lowest BCUT2D eigenvalue weighted by Crippen LogP contribution is -2.33. The molecule has 10 heteroatoms. The molecule has 0 heterocycles. The van der Waals surface area contributed by atoms with Gasteiger partial charge in [-0.25, -0.2) is 13.6 Å². The fourth-order valence-corrected chi connectivity index (χ4v) is 4.12. The highest BCUT2D eigenvalue weighted by Gasteiger charge is 2.25. The number of carbonyl (C=O) groups excluding carboxylic acids is 1. The first-order valence-corrected chi connectivity index (χ1v) is 12.1. The molecule has 2 aromatic rings. The number of nitrogens with zero attached hydrogens (tertiary/aromatic N) is 1. The zero-order chi connectivity index (χ0) is 27.0. The summed E-state index contributed by atoms with van der Waals surface area (Å²) in [5, 5.41) is 14.6. The Balaban J connectivity index is 2.55. The summed E-state index contributed by atoms with van der Waals surface area (Å²) in [7, 11) is 1.43. The zero-order valence-corrected chi connectivity index (χ0v) is 22.0. The summed E-state index contributed by atoms with van der Waals surface area (Å²) in [5.41, 5.74) is 0.589. The van der Waals surface area contributed by atoms with E-state index in [0.717, 1.165) is 6.07 Å². The van der Waals surface area contributed by atoms with E-state index in [-0.39, 0.29) is 46.9 Å². The molecule has 2 rings (SSSR count). The number of urea groups is 1. The average molecular weight is 526 g/mol. The number of anilines is 3. The topological polar surface area (TPSA) is 90.9 Å². The normalized spacial score (nSPS) is 12.1. The predicted octanol–water partition coefficient (Wildman–Crippen LogP) is 6.59. The van der Waals surface area contributed by atoms with Crippen molar-refractivity contribution in [2.45, 2.75) is 40.0 Å².